The summed E-state index contributed by atoms with van der Waals surface area (Å²) in [6, 6.07) is 0. The summed E-state index contributed by atoms with van der Waals surface area (Å²) in [5.74, 6) is 0.735. The van der Waals surface area contributed by atoms with Gasteiger partial charge in [0.2, 0.25) is 0 Å². The number of rotatable bonds is 7. The second-order valence-electron chi connectivity index (χ2n) is 7.15. The summed E-state index contributed by atoms with van der Waals surface area (Å²) in [4.78, 5) is 0. The van der Waals surface area contributed by atoms with Crippen LogP contribution in [0.15, 0.2) is 0 Å². The first kappa shape index (κ1) is 17.9. The Morgan fingerprint density at radius 3 is 2.30 bits per heavy atom. The van der Waals surface area contributed by atoms with E-state index in [1.807, 2.05) is 6.92 Å². The quantitative estimate of drug-likeness (QED) is 0.754. The van der Waals surface area contributed by atoms with Gasteiger partial charge in [0.25, 0.3) is 0 Å². The van der Waals surface area contributed by atoms with Crippen molar-refractivity contribution in [2.24, 2.45) is 17.1 Å². The van der Waals surface area contributed by atoms with E-state index in [1.165, 1.54) is 0 Å². The largest absolute Gasteiger partial charge is 0.388 e. The second kappa shape index (κ2) is 7.74. The van der Waals surface area contributed by atoms with Crippen molar-refractivity contribution in [2.75, 3.05) is 26.4 Å². The van der Waals surface area contributed by atoms with Crippen LogP contribution in [0.1, 0.15) is 53.4 Å². The van der Waals surface area contributed by atoms with Crippen molar-refractivity contribution < 1.29 is 14.6 Å². The van der Waals surface area contributed by atoms with Crippen LogP contribution in [0.5, 0.6) is 0 Å². The number of hydrogen-bond donors (Lipinski definition) is 2. The molecule has 1 aliphatic carbocycles. The maximum Gasteiger partial charge on any atom is 0.101 e. The summed E-state index contributed by atoms with van der Waals surface area (Å²) in [6.45, 7) is 10.6. The molecule has 0 aromatic rings. The van der Waals surface area contributed by atoms with E-state index in [9.17, 15) is 5.11 Å². The molecule has 120 valence electrons. The fourth-order valence-corrected chi connectivity index (χ4v) is 2.99. The average Bonchev–Trinajstić information content (AvgIpc) is 2.42. The van der Waals surface area contributed by atoms with Crippen LogP contribution in [-0.4, -0.2) is 43.2 Å². The summed E-state index contributed by atoms with van der Waals surface area (Å²) in [6.07, 6.45) is 3.74. The average molecular weight is 287 g/mol. The highest BCUT2D eigenvalue weighted by Gasteiger charge is 2.38. The number of ether oxygens (including phenoxy) is 2. The lowest BCUT2D eigenvalue weighted by atomic mass is 9.68. The SMILES string of the molecule is CCOCC(O)COC1(CN)CCC(C(C)(C)C)CC1. The molecule has 4 nitrogen and oxygen atoms in total. The van der Waals surface area contributed by atoms with E-state index in [0.29, 0.717) is 31.8 Å². The van der Waals surface area contributed by atoms with Crippen molar-refractivity contribution >= 4 is 0 Å². The van der Waals surface area contributed by atoms with Crippen LogP contribution in [0.2, 0.25) is 0 Å². The lowest BCUT2D eigenvalue weighted by Crippen LogP contribution is -2.47. The van der Waals surface area contributed by atoms with E-state index in [0.717, 1.165) is 31.6 Å². The highest BCUT2D eigenvalue weighted by Crippen LogP contribution is 2.42. The molecule has 20 heavy (non-hydrogen) atoms. The van der Waals surface area contributed by atoms with Gasteiger partial charge in [-0.15, -0.1) is 0 Å². The highest BCUT2D eigenvalue weighted by molar-refractivity contribution is 4.91. The molecule has 0 bridgehead atoms. The van der Waals surface area contributed by atoms with Crippen LogP contribution in [0.3, 0.4) is 0 Å². The molecule has 1 fully saturated rings. The van der Waals surface area contributed by atoms with Gasteiger partial charge in [0.1, 0.15) is 6.10 Å². The molecule has 1 unspecified atom stereocenters. The van der Waals surface area contributed by atoms with E-state index < -0.39 is 6.10 Å². The Kier molecular flexibility index (Phi) is 6.92. The smallest absolute Gasteiger partial charge is 0.101 e. The molecule has 0 radical (unpaired) electrons. The van der Waals surface area contributed by atoms with Gasteiger partial charge in [-0.1, -0.05) is 20.8 Å². The zero-order valence-corrected chi connectivity index (χ0v) is 13.7. The van der Waals surface area contributed by atoms with E-state index in [4.69, 9.17) is 15.2 Å². The van der Waals surface area contributed by atoms with Crippen LogP contribution in [0.25, 0.3) is 0 Å². The van der Waals surface area contributed by atoms with E-state index in [-0.39, 0.29) is 5.60 Å². The molecule has 1 rings (SSSR count). The maximum atomic E-state index is 9.81. The normalized spacial score (nSPS) is 29.4. The van der Waals surface area contributed by atoms with Crippen molar-refractivity contribution in [3.05, 3.63) is 0 Å². The summed E-state index contributed by atoms with van der Waals surface area (Å²) in [7, 11) is 0. The summed E-state index contributed by atoms with van der Waals surface area (Å²) in [5.41, 5.74) is 6.06. The van der Waals surface area contributed by atoms with Gasteiger partial charge in [-0.3, -0.25) is 0 Å². The molecule has 0 spiro atoms. The molecular weight excluding hydrogens is 254 g/mol. The lowest BCUT2D eigenvalue weighted by Gasteiger charge is -2.43. The molecule has 1 aliphatic rings. The monoisotopic (exact) mass is 287 g/mol. The fourth-order valence-electron chi connectivity index (χ4n) is 2.99. The minimum Gasteiger partial charge on any atom is -0.388 e. The molecule has 0 aromatic carbocycles. The third kappa shape index (κ3) is 5.32. The van der Waals surface area contributed by atoms with Crippen LogP contribution < -0.4 is 5.73 Å². The predicted octanol–water partition coefficient (Wildman–Crippen LogP) is 2.33. The van der Waals surface area contributed by atoms with Gasteiger partial charge >= 0.3 is 0 Å². The summed E-state index contributed by atoms with van der Waals surface area (Å²) >= 11 is 0. The number of aliphatic hydroxyl groups excluding tert-OH is 1. The van der Waals surface area contributed by atoms with Gasteiger partial charge in [-0.2, -0.15) is 0 Å². The lowest BCUT2D eigenvalue weighted by molar-refractivity contribution is -0.115. The van der Waals surface area contributed by atoms with Gasteiger partial charge < -0.3 is 20.3 Å². The molecule has 1 atom stereocenters. The molecule has 1 saturated carbocycles. The van der Waals surface area contributed by atoms with E-state index >= 15 is 0 Å². The topological polar surface area (TPSA) is 64.7 Å². The van der Waals surface area contributed by atoms with Crippen molar-refractivity contribution in [1.29, 1.82) is 0 Å². The molecular formula is C16H33NO3. The van der Waals surface area contributed by atoms with Gasteiger partial charge in [-0.05, 0) is 43.9 Å². The molecule has 0 aromatic heterocycles. The molecule has 0 aliphatic heterocycles. The third-order valence-corrected chi connectivity index (χ3v) is 4.59. The van der Waals surface area contributed by atoms with Crippen LogP contribution in [0.4, 0.5) is 0 Å². The number of aliphatic hydroxyl groups is 1. The first-order chi connectivity index (χ1) is 9.33. The van der Waals surface area contributed by atoms with Crippen LogP contribution in [0, 0.1) is 11.3 Å². The molecule has 0 amide bonds. The standard InChI is InChI=1S/C16H33NO3/c1-5-19-10-14(18)11-20-16(12-17)8-6-13(7-9-16)15(2,3)4/h13-14,18H,5-12,17H2,1-4H3. The van der Waals surface area contributed by atoms with Crippen molar-refractivity contribution in [1.82, 2.24) is 0 Å². The van der Waals surface area contributed by atoms with E-state index in [1.54, 1.807) is 0 Å². The molecule has 3 N–H and O–H groups in total. The number of hydrogen-bond acceptors (Lipinski definition) is 4. The first-order valence-electron chi connectivity index (χ1n) is 7.93. The van der Waals surface area contributed by atoms with Gasteiger partial charge in [-0.25, -0.2) is 0 Å². The first-order valence-corrected chi connectivity index (χ1v) is 7.93. The van der Waals surface area contributed by atoms with Gasteiger partial charge in [0, 0.05) is 13.2 Å². The Labute approximate surface area is 124 Å². The summed E-state index contributed by atoms with van der Waals surface area (Å²) < 4.78 is 11.2. The zero-order chi connectivity index (χ0) is 15.2. The maximum absolute atomic E-state index is 9.81. The summed E-state index contributed by atoms with van der Waals surface area (Å²) in [5, 5.41) is 9.81. The minimum absolute atomic E-state index is 0.241. The minimum atomic E-state index is -0.557. The van der Waals surface area contributed by atoms with Gasteiger partial charge in [0.05, 0.1) is 18.8 Å². The molecule has 4 heteroatoms. The Hall–Kier alpha value is -0.160. The Morgan fingerprint density at radius 2 is 1.85 bits per heavy atom. The van der Waals surface area contributed by atoms with Crippen molar-refractivity contribution in [2.45, 2.75) is 65.1 Å². The second-order valence-corrected chi connectivity index (χ2v) is 7.15. The van der Waals surface area contributed by atoms with Crippen LogP contribution >= 0.6 is 0 Å². The van der Waals surface area contributed by atoms with Crippen LogP contribution in [-0.2, 0) is 9.47 Å². The third-order valence-electron chi connectivity index (χ3n) is 4.59. The van der Waals surface area contributed by atoms with Crippen molar-refractivity contribution in [3.8, 4) is 0 Å². The van der Waals surface area contributed by atoms with Crippen molar-refractivity contribution in [3.63, 3.8) is 0 Å². The molecule has 0 heterocycles. The Bertz CT molecular complexity index is 267. The Balaban J connectivity index is 2.42. The fraction of sp³-hybridized carbons (Fsp3) is 1.00. The van der Waals surface area contributed by atoms with E-state index in [2.05, 4.69) is 20.8 Å². The zero-order valence-electron chi connectivity index (χ0n) is 13.7. The Morgan fingerprint density at radius 1 is 1.25 bits per heavy atom. The number of nitrogens with two attached hydrogens (primary N) is 1. The predicted molar refractivity (Wildman–Crippen MR) is 81.7 cm³/mol. The highest BCUT2D eigenvalue weighted by atomic mass is 16.5. The van der Waals surface area contributed by atoms with Gasteiger partial charge in [0.15, 0.2) is 0 Å². The molecule has 0 saturated heterocycles.